The van der Waals surface area contributed by atoms with Gasteiger partial charge >= 0.3 is 0 Å². The van der Waals surface area contributed by atoms with Gasteiger partial charge < -0.3 is 24.7 Å². The summed E-state index contributed by atoms with van der Waals surface area (Å²) < 4.78 is 21.8. The Kier molecular flexibility index (Phi) is 6.83. The minimum Gasteiger partial charge on any atom is -0.493 e. The van der Waals surface area contributed by atoms with Gasteiger partial charge in [-0.1, -0.05) is 19.1 Å². The number of anilines is 1. The van der Waals surface area contributed by atoms with E-state index in [1.807, 2.05) is 36.4 Å². The molecule has 2 aromatic carbocycles. The van der Waals surface area contributed by atoms with E-state index in [1.54, 1.807) is 28.4 Å². The van der Waals surface area contributed by atoms with Crippen molar-refractivity contribution in [3.8, 4) is 40.2 Å². The third-order valence-corrected chi connectivity index (χ3v) is 6.44. The van der Waals surface area contributed by atoms with Crippen LogP contribution in [-0.4, -0.2) is 33.4 Å². The van der Waals surface area contributed by atoms with Gasteiger partial charge in [0.15, 0.2) is 23.0 Å². The van der Waals surface area contributed by atoms with Gasteiger partial charge in [0.2, 0.25) is 0 Å². The third kappa shape index (κ3) is 4.35. The summed E-state index contributed by atoms with van der Waals surface area (Å²) in [7, 11) is 6.42. The number of allylic oxidation sites excluding steroid dienone is 1. The molecule has 3 aromatic rings. The van der Waals surface area contributed by atoms with Crippen LogP contribution >= 0.6 is 0 Å². The van der Waals surface area contributed by atoms with Gasteiger partial charge in [0.1, 0.15) is 17.5 Å². The van der Waals surface area contributed by atoms with Crippen LogP contribution in [0.1, 0.15) is 48.1 Å². The van der Waals surface area contributed by atoms with Gasteiger partial charge in [-0.05, 0) is 71.4 Å². The average molecular weight is 472 g/mol. The molecule has 4 rings (SSSR count). The van der Waals surface area contributed by atoms with E-state index in [0.717, 1.165) is 46.4 Å². The zero-order valence-corrected chi connectivity index (χ0v) is 20.6. The largest absolute Gasteiger partial charge is 0.493 e. The molecule has 0 radical (unpaired) electrons. The van der Waals surface area contributed by atoms with Crippen molar-refractivity contribution < 1.29 is 18.9 Å². The van der Waals surface area contributed by atoms with Gasteiger partial charge in [-0.2, -0.15) is 5.26 Å². The molecular weight excluding hydrogens is 442 g/mol. The molecule has 1 aliphatic carbocycles. The van der Waals surface area contributed by atoms with Crippen LogP contribution in [0.5, 0.6) is 23.0 Å². The average Bonchev–Trinajstić information content (AvgIpc) is 2.89. The Labute approximate surface area is 205 Å². The van der Waals surface area contributed by atoms with Crippen LogP contribution < -0.4 is 24.7 Å². The highest BCUT2D eigenvalue weighted by Crippen LogP contribution is 2.46. The van der Waals surface area contributed by atoms with E-state index in [0.29, 0.717) is 28.6 Å². The molecule has 7 heteroatoms. The summed E-state index contributed by atoms with van der Waals surface area (Å²) >= 11 is 0. The standard InChI is InChI=1S/C28H29N3O4/c1-16-6-8-19(12-17-7-10-21(32-2)23(13-17)34-4)27-25(16)26(20(15-29)28(30)31-27)18-9-11-22(33-3)24(14-18)35-5/h7,9-14,16H,6,8H2,1-5H3,(H2,30,31)/b19-12-/t16-/m0/s1. The summed E-state index contributed by atoms with van der Waals surface area (Å²) in [6, 6.07) is 13.7. The maximum absolute atomic E-state index is 10.0. The van der Waals surface area contributed by atoms with E-state index in [-0.39, 0.29) is 11.7 Å². The van der Waals surface area contributed by atoms with Gasteiger partial charge in [-0.3, -0.25) is 0 Å². The molecular formula is C28H29N3O4. The lowest BCUT2D eigenvalue weighted by molar-refractivity contribution is 0.355. The molecule has 0 aliphatic heterocycles. The maximum atomic E-state index is 10.0. The Morgan fingerprint density at radius 3 is 2.20 bits per heavy atom. The molecule has 1 aromatic heterocycles. The molecule has 0 saturated carbocycles. The van der Waals surface area contributed by atoms with Crippen LogP contribution in [0.4, 0.5) is 5.82 Å². The predicted molar refractivity (Wildman–Crippen MR) is 137 cm³/mol. The summed E-state index contributed by atoms with van der Waals surface area (Å²) in [5.41, 5.74) is 12.2. The molecule has 0 saturated heterocycles. The molecule has 180 valence electrons. The highest BCUT2D eigenvalue weighted by Gasteiger charge is 2.29. The van der Waals surface area contributed by atoms with Gasteiger partial charge in [-0.15, -0.1) is 0 Å². The van der Waals surface area contributed by atoms with E-state index in [9.17, 15) is 5.26 Å². The molecule has 7 nitrogen and oxygen atoms in total. The van der Waals surface area contributed by atoms with Crippen LogP contribution in [-0.2, 0) is 0 Å². The highest BCUT2D eigenvalue weighted by atomic mass is 16.5. The van der Waals surface area contributed by atoms with Crippen molar-refractivity contribution in [1.82, 2.24) is 4.98 Å². The Morgan fingerprint density at radius 2 is 1.57 bits per heavy atom. The minimum absolute atomic E-state index is 0.191. The number of methoxy groups -OCH3 is 4. The number of aromatic nitrogens is 1. The quantitative estimate of drug-likeness (QED) is 0.494. The van der Waals surface area contributed by atoms with Crippen LogP contribution in [0.3, 0.4) is 0 Å². The van der Waals surface area contributed by atoms with Gasteiger partial charge in [0, 0.05) is 5.56 Å². The van der Waals surface area contributed by atoms with Crippen LogP contribution in [0, 0.1) is 11.3 Å². The smallest absolute Gasteiger partial charge is 0.161 e. The summed E-state index contributed by atoms with van der Waals surface area (Å²) in [4.78, 5) is 4.73. The fraction of sp³-hybridized carbons (Fsp3) is 0.286. The van der Waals surface area contributed by atoms with E-state index < -0.39 is 0 Å². The normalized spacial score (nSPS) is 15.8. The number of nitrogen functional groups attached to an aromatic ring is 1. The lowest BCUT2D eigenvalue weighted by Gasteiger charge is -2.28. The van der Waals surface area contributed by atoms with Crippen LogP contribution in [0.2, 0.25) is 0 Å². The molecule has 1 atom stereocenters. The van der Waals surface area contributed by atoms with Crippen molar-refractivity contribution in [3.63, 3.8) is 0 Å². The number of benzene rings is 2. The summed E-state index contributed by atoms with van der Waals surface area (Å²) in [5, 5.41) is 10.0. The Bertz CT molecular complexity index is 1340. The van der Waals surface area contributed by atoms with E-state index >= 15 is 0 Å². The number of nitriles is 1. The van der Waals surface area contributed by atoms with Crippen molar-refractivity contribution in [2.45, 2.75) is 25.7 Å². The second-order valence-electron chi connectivity index (χ2n) is 8.41. The predicted octanol–water partition coefficient (Wildman–Crippen LogP) is 5.67. The number of fused-ring (bicyclic) bond motifs is 1. The van der Waals surface area contributed by atoms with Crippen LogP contribution in [0.25, 0.3) is 22.8 Å². The molecule has 0 spiro atoms. The first-order chi connectivity index (χ1) is 16.9. The van der Waals surface area contributed by atoms with E-state index in [2.05, 4.69) is 19.1 Å². The first kappa shape index (κ1) is 24.0. The SMILES string of the molecule is COc1ccc(/C=C2/CC[C@H](C)c3c2nc(N)c(C#N)c3-c2ccc(OC)c(OC)c2)cc1OC. The molecule has 0 unspecified atom stereocenters. The number of hydrogen-bond acceptors (Lipinski definition) is 7. The topological polar surface area (TPSA) is 99.6 Å². The molecule has 0 bridgehead atoms. The third-order valence-electron chi connectivity index (χ3n) is 6.44. The van der Waals surface area contributed by atoms with Crippen molar-refractivity contribution in [2.75, 3.05) is 34.2 Å². The molecule has 0 fully saturated rings. The first-order valence-corrected chi connectivity index (χ1v) is 11.3. The Hall–Kier alpha value is -4.18. The van der Waals surface area contributed by atoms with Gasteiger partial charge in [0.25, 0.3) is 0 Å². The number of ether oxygens (including phenoxy) is 4. The Morgan fingerprint density at radius 1 is 0.943 bits per heavy atom. The van der Waals surface area contributed by atoms with Crippen molar-refractivity contribution in [1.29, 1.82) is 5.26 Å². The molecule has 0 amide bonds. The molecule has 35 heavy (non-hydrogen) atoms. The highest BCUT2D eigenvalue weighted by molar-refractivity contribution is 5.90. The van der Waals surface area contributed by atoms with Crippen LogP contribution in [0.15, 0.2) is 36.4 Å². The monoisotopic (exact) mass is 471 g/mol. The summed E-state index contributed by atoms with van der Waals surface area (Å²) in [6.07, 6.45) is 3.86. The first-order valence-electron chi connectivity index (χ1n) is 11.3. The number of pyridine rings is 1. The second kappa shape index (κ2) is 9.98. The summed E-state index contributed by atoms with van der Waals surface area (Å²) in [5.74, 6) is 2.93. The number of nitrogens with two attached hydrogens (primary N) is 1. The maximum Gasteiger partial charge on any atom is 0.161 e. The molecule has 2 N–H and O–H groups in total. The van der Waals surface area contributed by atoms with Crippen molar-refractivity contribution in [2.24, 2.45) is 0 Å². The molecule has 1 heterocycles. The summed E-state index contributed by atoms with van der Waals surface area (Å²) in [6.45, 7) is 2.16. The van der Waals surface area contributed by atoms with Gasteiger partial charge in [0.05, 0.1) is 34.1 Å². The fourth-order valence-electron chi connectivity index (χ4n) is 4.67. The fourth-order valence-corrected chi connectivity index (χ4v) is 4.67. The lowest BCUT2D eigenvalue weighted by Crippen LogP contribution is -2.14. The zero-order valence-electron chi connectivity index (χ0n) is 20.6. The Balaban J connectivity index is 1.94. The van der Waals surface area contributed by atoms with Crippen molar-refractivity contribution >= 4 is 17.5 Å². The van der Waals surface area contributed by atoms with E-state index in [4.69, 9.17) is 29.7 Å². The van der Waals surface area contributed by atoms with Gasteiger partial charge in [-0.25, -0.2) is 4.98 Å². The van der Waals surface area contributed by atoms with Crippen molar-refractivity contribution in [3.05, 3.63) is 58.8 Å². The number of nitrogens with zero attached hydrogens (tertiary/aromatic N) is 2. The number of hydrogen-bond donors (Lipinski definition) is 1. The molecule has 1 aliphatic rings. The van der Waals surface area contributed by atoms with E-state index in [1.165, 1.54) is 0 Å². The second-order valence-corrected chi connectivity index (χ2v) is 8.41. The lowest BCUT2D eigenvalue weighted by atomic mass is 9.78. The zero-order chi connectivity index (χ0) is 25.1. The number of rotatable bonds is 6. The minimum atomic E-state index is 0.191.